The summed E-state index contributed by atoms with van der Waals surface area (Å²) >= 11 is 1.50. The third-order valence-electron chi connectivity index (χ3n) is 5.14. The molecule has 2 aromatic rings. The van der Waals surface area contributed by atoms with Gasteiger partial charge in [0, 0.05) is 29.6 Å². The normalized spacial score (nSPS) is 16.9. The van der Waals surface area contributed by atoms with E-state index in [1.807, 2.05) is 26.2 Å². The van der Waals surface area contributed by atoms with E-state index in [0.717, 1.165) is 5.69 Å². The Hall–Kier alpha value is -1.83. The molecular weight excluding hydrogens is 365 g/mol. The molecule has 27 heavy (non-hydrogen) atoms. The monoisotopic (exact) mass is 391 g/mol. The molecule has 1 aromatic heterocycles. The second-order valence-corrected chi connectivity index (χ2v) is 8.04. The number of rotatable bonds is 6. The standard InChI is InChI=1S/C20H26FN3O2S/c1-4-20(2,3)19(25)24(16-7-5-15(21)6-8-16)18(17-13-27-14-22-17)23-9-11-26-12-10-23/h5-8,13-14,18H,4,9-12H2,1-3H3. The summed E-state index contributed by atoms with van der Waals surface area (Å²) in [5.41, 5.74) is 2.73. The van der Waals surface area contributed by atoms with Crippen molar-refractivity contribution in [3.63, 3.8) is 0 Å². The summed E-state index contributed by atoms with van der Waals surface area (Å²) in [6.45, 7) is 8.55. The largest absolute Gasteiger partial charge is 0.379 e. The fourth-order valence-corrected chi connectivity index (χ4v) is 3.67. The third kappa shape index (κ3) is 4.36. The Kier molecular flexibility index (Phi) is 6.24. The highest BCUT2D eigenvalue weighted by Gasteiger charge is 2.39. The maximum absolute atomic E-state index is 13.6. The zero-order valence-corrected chi connectivity index (χ0v) is 16.8. The number of amides is 1. The first kappa shape index (κ1) is 19.9. The summed E-state index contributed by atoms with van der Waals surface area (Å²) in [4.78, 5) is 22.1. The number of morpholine rings is 1. The minimum Gasteiger partial charge on any atom is -0.379 e. The van der Waals surface area contributed by atoms with Crippen LogP contribution in [0.1, 0.15) is 39.1 Å². The highest BCUT2D eigenvalue weighted by Crippen LogP contribution is 2.36. The lowest BCUT2D eigenvalue weighted by Crippen LogP contribution is -2.52. The third-order valence-corrected chi connectivity index (χ3v) is 5.74. The molecule has 146 valence electrons. The average Bonchev–Trinajstić information content (AvgIpc) is 3.21. The lowest BCUT2D eigenvalue weighted by Gasteiger charge is -2.43. The van der Waals surface area contributed by atoms with Gasteiger partial charge in [0.1, 0.15) is 12.0 Å². The van der Waals surface area contributed by atoms with Crippen molar-refractivity contribution in [2.45, 2.75) is 33.4 Å². The Morgan fingerprint density at radius 2 is 2.00 bits per heavy atom. The summed E-state index contributed by atoms with van der Waals surface area (Å²) in [5, 5.41) is 1.98. The summed E-state index contributed by atoms with van der Waals surface area (Å²) in [6, 6.07) is 6.12. The van der Waals surface area contributed by atoms with Crippen molar-refractivity contribution >= 4 is 22.9 Å². The summed E-state index contributed by atoms with van der Waals surface area (Å²) in [7, 11) is 0. The van der Waals surface area contributed by atoms with Gasteiger partial charge < -0.3 is 4.74 Å². The average molecular weight is 392 g/mol. The SMILES string of the molecule is CCC(C)(C)C(=O)N(c1ccc(F)cc1)C(c1cscn1)N1CCOCC1. The molecule has 1 fully saturated rings. The predicted octanol–water partition coefficient (Wildman–Crippen LogP) is 4.08. The molecule has 2 heterocycles. The minimum absolute atomic E-state index is 0.00102. The molecule has 0 N–H and O–H groups in total. The maximum atomic E-state index is 13.6. The van der Waals surface area contributed by atoms with Gasteiger partial charge in [0.2, 0.25) is 5.91 Å². The topological polar surface area (TPSA) is 45.7 Å². The van der Waals surface area contributed by atoms with Gasteiger partial charge in [-0.05, 0) is 30.7 Å². The van der Waals surface area contributed by atoms with Gasteiger partial charge in [0.05, 0.1) is 24.4 Å². The van der Waals surface area contributed by atoms with Gasteiger partial charge >= 0.3 is 0 Å². The molecule has 1 amide bonds. The molecule has 1 saturated heterocycles. The molecule has 0 aliphatic carbocycles. The second-order valence-electron chi connectivity index (χ2n) is 7.32. The fraction of sp³-hybridized carbons (Fsp3) is 0.500. The van der Waals surface area contributed by atoms with Crippen molar-refractivity contribution in [1.29, 1.82) is 0 Å². The van der Waals surface area contributed by atoms with E-state index in [4.69, 9.17) is 4.74 Å². The number of thiazole rings is 1. The number of carbonyl (C=O) groups excluding carboxylic acids is 1. The zero-order chi connectivity index (χ0) is 19.4. The van der Waals surface area contributed by atoms with Crippen LogP contribution in [0, 0.1) is 11.2 Å². The lowest BCUT2D eigenvalue weighted by molar-refractivity contribution is -0.128. The fourth-order valence-electron chi connectivity index (χ4n) is 3.10. The van der Waals surface area contributed by atoms with Crippen LogP contribution >= 0.6 is 11.3 Å². The lowest BCUT2D eigenvalue weighted by atomic mass is 9.88. The van der Waals surface area contributed by atoms with Gasteiger partial charge in [-0.2, -0.15) is 0 Å². The van der Waals surface area contributed by atoms with Crippen LogP contribution < -0.4 is 4.90 Å². The zero-order valence-electron chi connectivity index (χ0n) is 16.0. The number of hydrogen-bond donors (Lipinski definition) is 0. The number of anilines is 1. The van der Waals surface area contributed by atoms with Gasteiger partial charge in [-0.15, -0.1) is 11.3 Å². The van der Waals surface area contributed by atoms with Crippen molar-refractivity contribution in [2.75, 3.05) is 31.2 Å². The number of hydrogen-bond acceptors (Lipinski definition) is 5. The van der Waals surface area contributed by atoms with Crippen LogP contribution in [0.2, 0.25) is 0 Å². The van der Waals surface area contributed by atoms with E-state index in [9.17, 15) is 9.18 Å². The molecule has 7 heteroatoms. The Morgan fingerprint density at radius 3 is 2.56 bits per heavy atom. The highest BCUT2D eigenvalue weighted by molar-refractivity contribution is 7.07. The molecule has 1 aromatic carbocycles. The van der Waals surface area contributed by atoms with Crippen molar-refractivity contribution in [1.82, 2.24) is 9.88 Å². The number of carbonyl (C=O) groups is 1. The van der Waals surface area contributed by atoms with Crippen LogP contribution in [0.25, 0.3) is 0 Å². The molecule has 0 saturated carbocycles. The molecule has 5 nitrogen and oxygen atoms in total. The first-order valence-corrected chi connectivity index (χ1v) is 10.2. The molecule has 3 rings (SSSR count). The Morgan fingerprint density at radius 1 is 1.33 bits per heavy atom. The number of nitrogens with zero attached hydrogens (tertiary/aromatic N) is 3. The van der Waals surface area contributed by atoms with Crippen LogP contribution in [-0.2, 0) is 9.53 Å². The molecule has 0 spiro atoms. The van der Waals surface area contributed by atoms with Crippen LogP contribution in [0.3, 0.4) is 0 Å². The van der Waals surface area contributed by atoms with Crippen molar-refractivity contribution in [3.8, 4) is 0 Å². The maximum Gasteiger partial charge on any atom is 0.234 e. The van der Waals surface area contributed by atoms with E-state index < -0.39 is 5.41 Å². The van der Waals surface area contributed by atoms with E-state index in [1.165, 1.54) is 23.5 Å². The number of aromatic nitrogens is 1. The molecule has 0 bridgehead atoms. The van der Waals surface area contributed by atoms with Crippen molar-refractivity contribution in [3.05, 3.63) is 46.7 Å². The van der Waals surface area contributed by atoms with E-state index in [2.05, 4.69) is 9.88 Å². The summed E-state index contributed by atoms with van der Waals surface area (Å²) in [5.74, 6) is -0.321. The Labute approximate surface area is 163 Å². The number of ether oxygens (including phenoxy) is 1. The number of halogens is 1. The van der Waals surface area contributed by atoms with Gasteiger partial charge in [0.25, 0.3) is 0 Å². The number of benzene rings is 1. The van der Waals surface area contributed by atoms with E-state index in [1.54, 1.807) is 22.5 Å². The first-order valence-electron chi connectivity index (χ1n) is 9.23. The minimum atomic E-state index is -0.547. The molecular formula is C20H26FN3O2S. The molecule has 1 aliphatic heterocycles. The van der Waals surface area contributed by atoms with Crippen molar-refractivity contribution < 1.29 is 13.9 Å². The van der Waals surface area contributed by atoms with Crippen LogP contribution in [0.4, 0.5) is 10.1 Å². The first-order chi connectivity index (χ1) is 12.9. The van der Waals surface area contributed by atoms with E-state index >= 15 is 0 Å². The Balaban J connectivity index is 2.09. The van der Waals surface area contributed by atoms with Crippen molar-refractivity contribution in [2.24, 2.45) is 5.41 Å². The van der Waals surface area contributed by atoms with Gasteiger partial charge in [0.15, 0.2) is 0 Å². The van der Waals surface area contributed by atoms with Gasteiger partial charge in [-0.25, -0.2) is 9.37 Å². The van der Waals surface area contributed by atoms with Crippen LogP contribution in [0.15, 0.2) is 35.2 Å². The quantitative estimate of drug-likeness (QED) is 0.744. The van der Waals surface area contributed by atoms with E-state index in [-0.39, 0.29) is 17.9 Å². The smallest absolute Gasteiger partial charge is 0.234 e. The molecule has 1 unspecified atom stereocenters. The van der Waals surface area contributed by atoms with Gasteiger partial charge in [-0.3, -0.25) is 14.6 Å². The molecule has 1 aliphatic rings. The summed E-state index contributed by atoms with van der Waals surface area (Å²) in [6.07, 6.45) is 0.361. The van der Waals surface area contributed by atoms with Crippen LogP contribution in [-0.4, -0.2) is 42.1 Å². The van der Waals surface area contributed by atoms with Crippen LogP contribution in [0.5, 0.6) is 0 Å². The second kappa shape index (κ2) is 8.46. The molecule has 1 atom stereocenters. The highest BCUT2D eigenvalue weighted by atomic mass is 32.1. The molecule has 0 radical (unpaired) electrons. The predicted molar refractivity (Wildman–Crippen MR) is 105 cm³/mol. The van der Waals surface area contributed by atoms with E-state index in [0.29, 0.717) is 38.4 Å². The summed E-state index contributed by atoms with van der Waals surface area (Å²) < 4.78 is 19.0. The van der Waals surface area contributed by atoms with Gasteiger partial charge in [-0.1, -0.05) is 20.8 Å². The Bertz CT molecular complexity index is 743.